The average Bonchev–Trinajstić information content (AvgIpc) is 2.11. The zero-order valence-corrected chi connectivity index (χ0v) is 9.97. The fraction of sp³-hybridized carbons (Fsp3) is 0.778. The van der Waals surface area contributed by atoms with Crippen LogP contribution in [0.15, 0.2) is 0 Å². The van der Waals surface area contributed by atoms with Gasteiger partial charge in [-0.25, -0.2) is 0 Å². The van der Waals surface area contributed by atoms with Crippen LogP contribution < -0.4 is 5.32 Å². The second-order valence-corrected chi connectivity index (χ2v) is 4.38. The largest absolute Gasteiger partial charge is 0.481 e. The second kappa shape index (κ2) is 8.55. The van der Waals surface area contributed by atoms with E-state index in [4.69, 9.17) is 5.11 Å². The molecule has 0 aliphatic heterocycles. The molecule has 1 amide bonds. The molecular weight excluding hydrogens is 216 g/mol. The molecule has 0 aromatic heterocycles. The van der Waals surface area contributed by atoms with Crippen LogP contribution in [0.3, 0.4) is 0 Å². The van der Waals surface area contributed by atoms with Crippen molar-refractivity contribution >= 4 is 23.6 Å². The summed E-state index contributed by atoms with van der Waals surface area (Å²) in [5, 5.41) is 11.1. The maximum atomic E-state index is 11.1. The van der Waals surface area contributed by atoms with E-state index in [1.54, 1.807) is 0 Å². The molecule has 0 bridgehead atoms. The van der Waals surface area contributed by atoms with Gasteiger partial charge in [-0.15, -0.1) is 11.8 Å². The third kappa shape index (κ3) is 11.2. The van der Waals surface area contributed by atoms with Crippen LogP contribution in [0.4, 0.5) is 0 Å². The lowest BCUT2D eigenvalue weighted by Gasteiger charge is -2.09. The lowest BCUT2D eigenvalue weighted by atomic mass is 10.4. The number of carboxylic acid groups (broad SMARTS) is 1. The van der Waals surface area contributed by atoms with E-state index in [-0.39, 0.29) is 17.4 Å². The van der Waals surface area contributed by atoms with Crippen molar-refractivity contribution in [2.75, 3.05) is 38.7 Å². The number of amides is 1. The van der Waals surface area contributed by atoms with Gasteiger partial charge in [0.1, 0.15) is 0 Å². The highest BCUT2D eigenvalue weighted by Gasteiger charge is 2.03. The molecule has 2 N–H and O–H groups in total. The Balaban J connectivity index is 3.30. The first-order valence-corrected chi connectivity index (χ1v) is 5.89. The standard InChI is InChI=1S/C9H18N2O3S/c1-11(2)5-3-4-10-8(12)6-15-7-9(13)14/h3-7H2,1-2H3,(H,10,12)(H,13,14). The highest BCUT2D eigenvalue weighted by Crippen LogP contribution is 1.97. The third-order valence-corrected chi connectivity index (χ3v) is 2.48. The van der Waals surface area contributed by atoms with Gasteiger partial charge in [-0.2, -0.15) is 0 Å². The van der Waals surface area contributed by atoms with Gasteiger partial charge < -0.3 is 15.3 Å². The number of aliphatic carboxylic acids is 1. The van der Waals surface area contributed by atoms with E-state index in [9.17, 15) is 9.59 Å². The van der Waals surface area contributed by atoms with Gasteiger partial charge in [-0.1, -0.05) is 0 Å². The van der Waals surface area contributed by atoms with E-state index in [1.807, 2.05) is 19.0 Å². The number of nitrogens with one attached hydrogen (secondary N) is 1. The van der Waals surface area contributed by atoms with Crippen molar-refractivity contribution in [1.82, 2.24) is 10.2 Å². The van der Waals surface area contributed by atoms with E-state index in [1.165, 1.54) is 0 Å². The first-order chi connectivity index (χ1) is 7.02. The number of hydrogen-bond donors (Lipinski definition) is 2. The van der Waals surface area contributed by atoms with E-state index in [0.29, 0.717) is 6.54 Å². The molecule has 0 aliphatic carbocycles. The Labute approximate surface area is 94.2 Å². The number of carbonyl (C=O) groups excluding carboxylic acids is 1. The molecule has 0 spiro atoms. The van der Waals surface area contributed by atoms with E-state index in [0.717, 1.165) is 24.7 Å². The number of rotatable bonds is 8. The van der Waals surface area contributed by atoms with E-state index in [2.05, 4.69) is 5.32 Å². The molecule has 5 nitrogen and oxygen atoms in total. The lowest BCUT2D eigenvalue weighted by Crippen LogP contribution is -2.28. The van der Waals surface area contributed by atoms with Gasteiger partial charge in [0, 0.05) is 6.54 Å². The molecular formula is C9H18N2O3S. The molecule has 0 unspecified atom stereocenters. The summed E-state index contributed by atoms with van der Waals surface area (Å²) < 4.78 is 0. The minimum absolute atomic E-state index is 0.0227. The van der Waals surface area contributed by atoms with Crippen LogP contribution in [0.2, 0.25) is 0 Å². The van der Waals surface area contributed by atoms with Crippen LogP contribution in [0, 0.1) is 0 Å². The van der Waals surface area contributed by atoms with E-state index >= 15 is 0 Å². The maximum absolute atomic E-state index is 11.1. The van der Waals surface area contributed by atoms with Crippen molar-refractivity contribution in [2.24, 2.45) is 0 Å². The summed E-state index contributed by atoms with van der Waals surface area (Å²) in [6.07, 6.45) is 0.905. The first-order valence-electron chi connectivity index (χ1n) is 4.73. The number of carbonyl (C=O) groups is 2. The molecule has 0 radical (unpaired) electrons. The van der Waals surface area contributed by atoms with Crippen molar-refractivity contribution in [1.29, 1.82) is 0 Å². The van der Waals surface area contributed by atoms with Gasteiger partial charge in [-0.05, 0) is 27.1 Å². The molecule has 0 aliphatic rings. The van der Waals surface area contributed by atoms with Crippen LogP contribution in [-0.2, 0) is 9.59 Å². The third-order valence-electron chi connectivity index (χ3n) is 1.56. The van der Waals surface area contributed by atoms with Gasteiger partial charge in [0.15, 0.2) is 0 Å². The molecule has 15 heavy (non-hydrogen) atoms. The molecule has 88 valence electrons. The topological polar surface area (TPSA) is 69.6 Å². The van der Waals surface area contributed by atoms with Crippen molar-refractivity contribution in [2.45, 2.75) is 6.42 Å². The van der Waals surface area contributed by atoms with Crippen molar-refractivity contribution in [3.8, 4) is 0 Å². The number of hydrogen-bond acceptors (Lipinski definition) is 4. The first kappa shape index (κ1) is 14.2. The highest BCUT2D eigenvalue weighted by atomic mass is 32.2. The quantitative estimate of drug-likeness (QED) is 0.573. The zero-order chi connectivity index (χ0) is 11.7. The van der Waals surface area contributed by atoms with Crippen molar-refractivity contribution in [3.63, 3.8) is 0 Å². The van der Waals surface area contributed by atoms with E-state index < -0.39 is 5.97 Å². The Morgan fingerprint density at radius 3 is 2.53 bits per heavy atom. The van der Waals surface area contributed by atoms with Crippen LogP contribution in [0.25, 0.3) is 0 Å². The smallest absolute Gasteiger partial charge is 0.313 e. The molecule has 0 atom stereocenters. The molecule has 0 saturated carbocycles. The molecule has 6 heteroatoms. The summed E-state index contributed by atoms with van der Waals surface area (Å²) in [6, 6.07) is 0. The lowest BCUT2D eigenvalue weighted by molar-refractivity contribution is -0.133. The molecule has 0 saturated heterocycles. The maximum Gasteiger partial charge on any atom is 0.313 e. The number of carboxylic acids is 1. The Morgan fingerprint density at radius 1 is 1.33 bits per heavy atom. The van der Waals surface area contributed by atoms with Crippen LogP contribution in [0.1, 0.15) is 6.42 Å². The predicted octanol–water partition coefficient (Wildman–Crippen LogP) is -0.128. The Morgan fingerprint density at radius 2 is 2.00 bits per heavy atom. The van der Waals surface area contributed by atoms with Gasteiger partial charge in [0.2, 0.25) is 5.91 Å². The number of thioether (sulfide) groups is 1. The normalized spacial score (nSPS) is 10.3. The second-order valence-electron chi connectivity index (χ2n) is 3.39. The summed E-state index contributed by atoms with van der Waals surface area (Å²) in [5.74, 6) is -0.792. The minimum Gasteiger partial charge on any atom is -0.481 e. The predicted molar refractivity (Wildman–Crippen MR) is 61.1 cm³/mol. The molecule has 0 heterocycles. The highest BCUT2D eigenvalue weighted by molar-refractivity contribution is 8.00. The van der Waals surface area contributed by atoms with Gasteiger partial charge in [0.25, 0.3) is 0 Å². The fourth-order valence-corrected chi connectivity index (χ4v) is 1.47. The summed E-state index contributed by atoms with van der Waals surface area (Å²) in [4.78, 5) is 23.3. The van der Waals surface area contributed by atoms with Crippen LogP contribution >= 0.6 is 11.8 Å². The molecule has 0 aromatic rings. The monoisotopic (exact) mass is 234 g/mol. The summed E-state index contributed by atoms with van der Waals surface area (Å²) in [7, 11) is 3.95. The van der Waals surface area contributed by atoms with Crippen molar-refractivity contribution in [3.05, 3.63) is 0 Å². The number of nitrogens with zero attached hydrogens (tertiary/aromatic N) is 1. The zero-order valence-electron chi connectivity index (χ0n) is 9.15. The SMILES string of the molecule is CN(C)CCCNC(=O)CSCC(=O)O. The van der Waals surface area contributed by atoms with Crippen LogP contribution in [0.5, 0.6) is 0 Å². The average molecular weight is 234 g/mol. The Bertz CT molecular complexity index is 210. The molecule has 0 fully saturated rings. The molecule has 0 aromatic carbocycles. The minimum atomic E-state index is -0.889. The van der Waals surface area contributed by atoms with Crippen molar-refractivity contribution < 1.29 is 14.7 Å². The summed E-state index contributed by atoms with van der Waals surface area (Å²) >= 11 is 1.11. The van der Waals surface area contributed by atoms with Gasteiger partial charge in [0.05, 0.1) is 11.5 Å². The van der Waals surface area contributed by atoms with Crippen LogP contribution in [-0.4, -0.2) is 60.6 Å². The van der Waals surface area contributed by atoms with Gasteiger partial charge >= 0.3 is 5.97 Å². The fourth-order valence-electron chi connectivity index (χ4n) is 0.905. The molecule has 0 rings (SSSR count). The Kier molecular flexibility index (Phi) is 8.12. The summed E-state index contributed by atoms with van der Waals surface area (Å²) in [5.41, 5.74) is 0. The Hall–Kier alpha value is -0.750. The van der Waals surface area contributed by atoms with Gasteiger partial charge in [-0.3, -0.25) is 9.59 Å². The summed E-state index contributed by atoms with van der Waals surface area (Å²) in [6.45, 7) is 1.58.